The summed E-state index contributed by atoms with van der Waals surface area (Å²) in [7, 11) is 1.71. The Morgan fingerprint density at radius 3 is 2.46 bits per heavy atom. The molecule has 0 radical (unpaired) electrons. The number of rotatable bonds is 2. The van der Waals surface area contributed by atoms with Gasteiger partial charge in [-0.3, -0.25) is 4.79 Å². The second-order valence-corrected chi connectivity index (χ2v) is 4.67. The fraction of sp³-hybridized carbons (Fsp3) is 0.900. The van der Waals surface area contributed by atoms with E-state index in [4.69, 9.17) is 4.74 Å². The number of carbonyl (C=O) groups is 1. The predicted molar refractivity (Wildman–Crippen MR) is 49.3 cm³/mol. The minimum absolute atomic E-state index is 0.0756. The van der Waals surface area contributed by atoms with E-state index in [0.717, 1.165) is 19.5 Å². The Bertz CT molecular complexity index is 233. The lowest BCUT2D eigenvalue weighted by Crippen LogP contribution is -2.63. The molecule has 2 atom stereocenters. The van der Waals surface area contributed by atoms with Gasteiger partial charge in [-0.25, -0.2) is 0 Å². The molecule has 1 saturated carbocycles. The number of hydrogen-bond acceptors (Lipinski definition) is 2. The van der Waals surface area contributed by atoms with Crippen molar-refractivity contribution in [3.8, 4) is 0 Å². The van der Waals surface area contributed by atoms with Crippen LogP contribution in [0.15, 0.2) is 0 Å². The lowest BCUT2D eigenvalue weighted by Gasteiger charge is -2.47. The van der Waals surface area contributed by atoms with E-state index < -0.39 is 0 Å². The Morgan fingerprint density at radius 1 is 1.54 bits per heavy atom. The average Bonchev–Trinajstić information content (AvgIpc) is 2.76. The molecule has 1 aliphatic heterocycles. The van der Waals surface area contributed by atoms with Crippen LogP contribution in [0, 0.1) is 11.8 Å². The molecule has 0 aromatic rings. The Labute approximate surface area is 79.0 Å². The fourth-order valence-electron chi connectivity index (χ4n) is 1.95. The zero-order valence-electron chi connectivity index (χ0n) is 8.54. The van der Waals surface area contributed by atoms with E-state index >= 15 is 0 Å². The molecule has 3 nitrogen and oxygen atoms in total. The third-order valence-electron chi connectivity index (χ3n) is 3.28. The predicted octanol–water partition coefficient (Wildman–Crippen LogP) is 0.890. The highest BCUT2D eigenvalue weighted by molar-refractivity contribution is 5.82. The van der Waals surface area contributed by atoms with E-state index in [1.807, 2.05) is 11.8 Å². The van der Waals surface area contributed by atoms with Gasteiger partial charge in [0.1, 0.15) is 0 Å². The van der Waals surface area contributed by atoms with Gasteiger partial charge in [-0.15, -0.1) is 0 Å². The van der Waals surface area contributed by atoms with Crippen LogP contribution in [0.1, 0.15) is 20.3 Å². The summed E-state index contributed by atoms with van der Waals surface area (Å²) < 4.78 is 5.29. The number of nitrogens with zero attached hydrogens (tertiary/aromatic N) is 1. The van der Waals surface area contributed by atoms with Crippen LogP contribution in [0.2, 0.25) is 0 Å². The van der Waals surface area contributed by atoms with Gasteiger partial charge >= 0.3 is 0 Å². The summed E-state index contributed by atoms with van der Waals surface area (Å²) in [6.07, 6.45) is 1.08. The first-order valence-electron chi connectivity index (χ1n) is 4.90. The second kappa shape index (κ2) is 2.71. The van der Waals surface area contributed by atoms with Gasteiger partial charge in [-0.05, 0) is 19.3 Å². The molecule has 1 amide bonds. The standard InChI is InChI=1S/C10H17NO2/c1-7-4-8(7)9(12)11-5-10(2,6-11)13-3/h7-8H,4-6H2,1-3H3/t7-,8-/m0/s1. The molecule has 3 heteroatoms. The molecule has 0 spiro atoms. The van der Waals surface area contributed by atoms with Crippen molar-refractivity contribution in [1.29, 1.82) is 0 Å². The van der Waals surface area contributed by atoms with Crippen molar-refractivity contribution in [2.24, 2.45) is 11.8 Å². The van der Waals surface area contributed by atoms with Gasteiger partial charge in [-0.2, -0.15) is 0 Å². The molecule has 74 valence electrons. The molecule has 2 rings (SSSR count). The van der Waals surface area contributed by atoms with Gasteiger partial charge in [0.25, 0.3) is 0 Å². The average molecular weight is 183 g/mol. The third kappa shape index (κ3) is 1.46. The summed E-state index contributed by atoms with van der Waals surface area (Å²) in [5, 5.41) is 0. The largest absolute Gasteiger partial charge is 0.375 e. The number of ether oxygens (including phenoxy) is 1. The quantitative estimate of drug-likeness (QED) is 0.636. The van der Waals surface area contributed by atoms with Crippen LogP contribution in [0.4, 0.5) is 0 Å². The van der Waals surface area contributed by atoms with Crippen LogP contribution < -0.4 is 0 Å². The topological polar surface area (TPSA) is 29.5 Å². The van der Waals surface area contributed by atoms with Crippen molar-refractivity contribution in [2.75, 3.05) is 20.2 Å². The Kier molecular flexibility index (Phi) is 1.88. The van der Waals surface area contributed by atoms with E-state index in [0.29, 0.717) is 17.7 Å². The van der Waals surface area contributed by atoms with Crippen LogP contribution in [-0.2, 0) is 9.53 Å². The van der Waals surface area contributed by atoms with Crippen molar-refractivity contribution in [3.63, 3.8) is 0 Å². The molecular weight excluding hydrogens is 166 g/mol. The molecule has 0 aromatic carbocycles. The SMILES string of the molecule is COC1(C)CN(C(=O)[C@H]2C[C@@H]2C)C1. The van der Waals surface area contributed by atoms with Gasteiger partial charge in [0.05, 0.1) is 18.7 Å². The van der Waals surface area contributed by atoms with E-state index in [9.17, 15) is 4.79 Å². The molecule has 0 aromatic heterocycles. The minimum atomic E-state index is -0.0756. The minimum Gasteiger partial charge on any atom is -0.375 e. The van der Waals surface area contributed by atoms with Crippen LogP contribution in [0.3, 0.4) is 0 Å². The first-order valence-corrected chi connectivity index (χ1v) is 4.90. The number of likely N-dealkylation sites (tertiary alicyclic amines) is 1. The van der Waals surface area contributed by atoms with Crippen LogP contribution in [-0.4, -0.2) is 36.6 Å². The Morgan fingerprint density at radius 2 is 2.08 bits per heavy atom. The molecule has 0 unspecified atom stereocenters. The molecule has 1 heterocycles. The van der Waals surface area contributed by atoms with Crippen molar-refractivity contribution in [1.82, 2.24) is 4.90 Å². The zero-order valence-corrected chi connectivity index (χ0v) is 8.54. The normalized spacial score (nSPS) is 35.5. The highest BCUT2D eigenvalue weighted by atomic mass is 16.5. The van der Waals surface area contributed by atoms with Crippen molar-refractivity contribution in [2.45, 2.75) is 25.9 Å². The smallest absolute Gasteiger partial charge is 0.226 e. The Hall–Kier alpha value is -0.570. The Balaban J connectivity index is 1.83. The monoisotopic (exact) mass is 183 g/mol. The molecule has 1 aliphatic carbocycles. The van der Waals surface area contributed by atoms with E-state index in [1.54, 1.807) is 7.11 Å². The number of hydrogen-bond donors (Lipinski definition) is 0. The van der Waals surface area contributed by atoms with Crippen LogP contribution in [0.5, 0.6) is 0 Å². The van der Waals surface area contributed by atoms with Crippen LogP contribution in [0.25, 0.3) is 0 Å². The van der Waals surface area contributed by atoms with Gasteiger partial charge < -0.3 is 9.64 Å². The summed E-state index contributed by atoms with van der Waals surface area (Å²) in [5.41, 5.74) is -0.0756. The molecule has 0 bridgehead atoms. The molecular formula is C10H17NO2. The lowest BCUT2D eigenvalue weighted by atomic mass is 9.96. The first-order chi connectivity index (χ1) is 6.06. The molecule has 13 heavy (non-hydrogen) atoms. The van der Waals surface area contributed by atoms with E-state index in [1.165, 1.54) is 0 Å². The lowest BCUT2D eigenvalue weighted by molar-refractivity contribution is -0.159. The zero-order chi connectivity index (χ0) is 9.64. The van der Waals surface area contributed by atoms with Crippen molar-refractivity contribution >= 4 is 5.91 Å². The highest BCUT2D eigenvalue weighted by Crippen LogP contribution is 2.41. The summed E-state index contributed by atoms with van der Waals surface area (Å²) in [5.74, 6) is 1.27. The second-order valence-electron chi connectivity index (χ2n) is 4.67. The summed E-state index contributed by atoms with van der Waals surface area (Å²) in [6, 6.07) is 0. The molecule has 2 aliphatic rings. The van der Waals surface area contributed by atoms with Crippen molar-refractivity contribution in [3.05, 3.63) is 0 Å². The van der Waals surface area contributed by atoms with Gasteiger partial charge in [-0.1, -0.05) is 6.92 Å². The van der Waals surface area contributed by atoms with Gasteiger partial charge in [0, 0.05) is 13.0 Å². The fourth-order valence-corrected chi connectivity index (χ4v) is 1.95. The van der Waals surface area contributed by atoms with Crippen molar-refractivity contribution < 1.29 is 9.53 Å². The number of amides is 1. The number of methoxy groups -OCH3 is 1. The maximum atomic E-state index is 11.7. The highest BCUT2D eigenvalue weighted by Gasteiger charge is 2.48. The van der Waals surface area contributed by atoms with Gasteiger partial charge in [0.2, 0.25) is 5.91 Å². The molecule has 1 saturated heterocycles. The van der Waals surface area contributed by atoms with Crippen LogP contribution >= 0.6 is 0 Å². The summed E-state index contributed by atoms with van der Waals surface area (Å²) in [4.78, 5) is 13.6. The molecule has 2 fully saturated rings. The maximum Gasteiger partial charge on any atom is 0.226 e. The first kappa shape index (κ1) is 9.00. The summed E-state index contributed by atoms with van der Waals surface area (Å²) >= 11 is 0. The number of carbonyl (C=O) groups excluding carboxylic acids is 1. The van der Waals surface area contributed by atoms with E-state index in [-0.39, 0.29) is 5.60 Å². The van der Waals surface area contributed by atoms with E-state index in [2.05, 4.69) is 6.92 Å². The maximum absolute atomic E-state index is 11.7. The summed E-state index contributed by atoms with van der Waals surface area (Å²) in [6.45, 7) is 5.72. The van der Waals surface area contributed by atoms with Gasteiger partial charge in [0.15, 0.2) is 0 Å². The third-order valence-corrected chi connectivity index (χ3v) is 3.28. The molecule has 0 N–H and O–H groups in total.